The third-order valence-electron chi connectivity index (χ3n) is 4.86. The number of methoxy groups -OCH3 is 1. The highest BCUT2D eigenvalue weighted by Gasteiger charge is 2.19. The average Bonchev–Trinajstić information content (AvgIpc) is 3.18. The van der Waals surface area contributed by atoms with Crippen molar-refractivity contribution in [2.75, 3.05) is 38.2 Å². The van der Waals surface area contributed by atoms with Crippen LogP contribution in [0, 0.1) is 0 Å². The second kappa shape index (κ2) is 7.72. The van der Waals surface area contributed by atoms with Crippen molar-refractivity contribution in [3.05, 3.63) is 60.5 Å². The Hall–Kier alpha value is -2.99. The largest absolute Gasteiger partial charge is 0.508 e. The minimum absolute atomic E-state index is 0.302. The number of hydrogen-bond acceptors (Lipinski definition) is 6. The molecular weight excluding hydrogens is 342 g/mol. The molecule has 4 rings (SSSR count). The summed E-state index contributed by atoms with van der Waals surface area (Å²) in [7, 11) is 1.65. The molecule has 0 unspecified atom stereocenters. The summed E-state index contributed by atoms with van der Waals surface area (Å²) >= 11 is 0. The SMILES string of the molecule is COc1ccc(-c2nc(CN3CCN(c4ccc(O)cc4)CC3)co2)cc1. The van der Waals surface area contributed by atoms with E-state index in [-0.39, 0.29) is 0 Å². The zero-order valence-corrected chi connectivity index (χ0v) is 15.3. The van der Waals surface area contributed by atoms with Crippen molar-refractivity contribution in [2.45, 2.75) is 6.54 Å². The molecule has 2 heterocycles. The maximum Gasteiger partial charge on any atom is 0.226 e. The quantitative estimate of drug-likeness (QED) is 0.748. The van der Waals surface area contributed by atoms with Crippen LogP contribution in [0.5, 0.6) is 11.5 Å². The first-order valence-corrected chi connectivity index (χ1v) is 9.06. The minimum Gasteiger partial charge on any atom is -0.508 e. The number of aromatic hydroxyl groups is 1. The fourth-order valence-corrected chi connectivity index (χ4v) is 3.30. The number of oxazole rings is 1. The van der Waals surface area contributed by atoms with E-state index in [0.717, 1.165) is 55.4 Å². The summed E-state index contributed by atoms with van der Waals surface area (Å²) in [4.78, 5) is 9.34. The van der Waals surface area contributed by atoms with Crippen molar-refractivity contribution in [3.63, 3.8) is 0 Å². The second-order valence-corrected chi connectivity index (χ2v) is 6.65. The highest BCUT2D eigenvalue weighted by atomic mass is 16.5. The molecule has 1 aromatic heterocycles. The molecule has 0 bridgehead atoms. The van der Waals surface area contributed by atoms with Gasteiger partial charge in [-0.15, -0.1) is 0 Å². The van der Waals surface area contributed by atoms with Crippen LogP contribution in [-0.4, -0.2) is 48.3 Å². The van der Waals surface area contributed by atoms with Crippen LogP contribution in [0.2, 0.25) is 0 Å². The number of phenols is 1. The fourth-order valence-electron chi connectivity index (χ4n) is 3.30. The Labute approximate surface area is 158 Å². The monoisotopic (exact) mass is 365 g/mol. The normalized spacial score (nSPS) is 15.1. The summed E-state index contributed by atoms with van der Waals surface area (Å²) in [6.45, 7) is 4.61. The van der Waals surface area contributed by atoms with Gasteiger partial charge in [0, 0.05) is 44.0 Å². The highest BCUT2D eigenvalue weighted by molar-refractivity contribution is 5.54. The molecule has 1 aliphatic rings. The van der Waals surface area contributed by atoms with Crippen molar-refractivity contribution in [2.24, 2.45) is 0 Å². The molecule has 0 saturated carbocycles. The number of piperazine rings is 1. The van der Waals surface area contributed by atoms with Gasteiger partial charge in [0.15, 0.2) is 0 Å². The Kier molecular flexibility index (Phi) is 4.98. The molecular formula is C21H23N3O3. The molecule has 3 aromatic rings. The predicted molar refractivity (Wildman–Crippen MR) is 104 cm³/mol. The Morgan fingerprint density at radius 3 is 2.37 bits per heavy atom. The van der Waals surface area contributed by atoms with E-state index in [0.29, 0.717) is 11.6 Å². The number of rotatable bonds is 5. The molecule has 0 spiro atoms. The number of hydrogen-bond donors (Lipinski definition) is 1. The van der Waals surface area contributed by atoms with Crippen LogP contribution >= 0.6 is 0 Å². The molecule has 0 atom stereocenters. The number of phenolic OH excluding ortho intramolecular Hbond substituents is 1. The Morgan fingerprint density at radius 1 is 1.00 bits per heavy atom. The number of ether oxygens (including phenoxy) is 1. The summed E-state index contributed by atoms with van der Waals surface area (Å²) in [5, 5.41) is 9.42. The third-order valence-corrected chi connectivity index (χ3v) is 4.86. The molecule has 2 aromatic carbocycles. The van der Waals surface area contributed by atoms with Gasteiger partial charge in [-0.05, 0) is 48.5 Å². The molecule has 0 radical (unpaired) electrons. The molecule has 1 aliphatic heterocycles. The van der Waals surface area contributed by atoms with Gasteiger partial charge < -0.3 is 19.2 Å². The van der Waals surface area contributed by atoms with E-state index in [2.05, 4.69) is 14.8 Å². The summed E-state index contributed by atoms with van der Waals surface area (Å²) in [6, 6.07) is 15.1. The molecule has 0 aliphatic carbocycles. The smallest absolute Gasteiger partial charge is 0.226 e. The van der Waals surface area contributed by atoms with Gasteiger partial charge in [-0.2, -0.15) is 0 Å². The van der Waals surface area contributed by atoms with Gasteiger partial charge in [0.25, 0.3) is 0 Å². The lowest BCUT2D eigenvalue weighted by Crippen LogP contribution is -2.46. The van der Waals surface area contributed by atoms with Gasteiger partial charge in [0.1, 0.15) is 17.8 Å². The standard InChI is InChI=1S/C21H23N3O3/c1-26-20-8-2-16(3-9-20)21-22-17(15-27-21)14-23-10-12-24(13-11-23)18-4-6-19(25)7-5-18/h2-9,15,25H,10-14H2,1H3. The van der Waals surface area contributed by atoms with Crippen molar-refractivity contribution in [1.82, 2.24) is 9.88 Å². The average molecular weight is 365 g/mol. The van der Waals surface area contributed by atoms with Crippen LogP contribution in [0.15, 0.2) is 59.2 Å². The van der Waals surface area contributed by atoms with E-state index < -0.39 is 0 Å². The van der Waals surface area contributed by atoms with Gasteiger partial charge in [-0.3, -0.25) is 4.90 Å². The van der Waals surface area contributed by atoms with Gasteiger partial charge in [0.2, 0.25) is 5.89 Å². The predicted octanol–water partition coefficient (Wildman–Crippen LogP) is 3.38. The van der Waals surface area contributed by atoms with Gasteiger partial charge in [-0.25, -0.2) is 4.98 Å². The summed E-state index contributed by atoms with van der Waals surface area (Å²) < 4.78 is 10.8. The molecule has 6 heteroatoms. The minimum atomic E-state index is 0.302. The zero-order chi connectivity index (χ0) is 18.6. The van der Waals surface area contributed by atoms with Gasteiger partial charge in [-0.1, -0.05) is 0 Å². The highest BCUT2D eigenvalue weighted by Crippen LogP contribution is 2.23. The van der Waals surface area contributed by atoms with E-state index in [1.807, 2.05) is 36.4 Å². The summed E-state index contributed by atoms with van der Waals surface area (Å²) in [5.41, 5.74) is 3.04. The van der Waals surface area contributed by atoms with E-state index in [1.54, 1.807) is 25.5 Å². The van der Waals surface area contributed by atoms with Crippen molar-refractivity contribution >= 4 is 5.69 Å². The molecule has 6 nitrogen and oxygen atoms in total. The van der Waals surface area contributed by atoms with Crippen molar-refractivity contribution in [3.8, 4) is 23.0 Å². The summed E-state index contributed by atoms with van der Waals surface area (Å²) in [6.07, 6.45) is 1.74. The zero-order valence-electron chi connectivity index (χ0n) is 15.3. The Balaban J connectivity index is 1.34. The molecule has 1 saturated heterocycles. The van der Waals surface area contributed by atoms with Gasteiger partial charge in [0.05, 0.1) is 12.8 Å². The first-order chi connectivity index (χ1) is 13.2. The lowest BCUT2D eigenvalue weighted by atomic mass is 10.2. The molecule has 0 amide bonds. The number of nitrogens with zero attached hydrogens (tertiary/aromatic N) is 3. The number of benzene rings is 2. The Bertz CT molecular complexity index is 866. The topological polar surface area (TPSA) is 62.0 Å². The summed E-state index contributed by atoms with van der Waals surface area (Å²) in [5.74, 6) is 1.75. The third kappa shape index (κ3) is 4.06. The lowest BCUT2D eigenvalue weighted by Gasteiger charge is -2.35. The van der Waals surface area contributed by atoms with Crippen LogP contribution in [-0.2, 0) is 6.54 Å². The molecule has 27 heavy (non-hydrogen) atoms. The van der Waals surface area contributed by atoms with E-state index in [9.17, 15) is 5.11 Å². The van der Waals surface area contributed by atoms with Crippen molar-refractivity contribution < 1.29 is 14.3 Å². The molecule has 1 fully saturated rings. The fraction of sp³-hybridized carbons (Fsp3) is 0.286. The molecule has 1 N–H and O–H groups in total. The first-order valence-electron chi connectivity index (χ1n) is 9.06. The van der Waals surface area contributed by atoms with Gasteiger partial charge >= 0.3 is 0 Å². The van der Waals surface area contributed by atoms with Crippen LogP contribution in [0.1, 0.15) is 5.69 Å². The maximum absolute atomic E-state index is 9.42. The second-order valence-electron chi connectivity index (χ2n) is 6.65. The Morgan fingerprint density at radius 2 is 1.70 bits per heavy atom. The van der Waals surface area contributed by atoms with E-state index in [1.165, 1.54) is 0 Å². The lowest BCUT2D eigenvalue weighted by molar-refractivity contribution is 0.247. The number of anilines is 1. The van der Waals surface area contributed by atoms with Crippen LogP contribution < -0.4 is 9.64 Å². The van der Waals surface area contributed by atoms with Crippen LogP contribution in [0.25, 0.3) is 11.5 Å². The van der Waals surface area contributed by atoms with E-state index >= 15 is 0 Å². The number of aromatic nitrogens is 1. The van der Waals surface area contributed by atoms with E-state index in [4.69, 9.17) is 9.15 Å². The maximum atomic E-state index is 9.42. The molecule has 140 valence electrons. The first kappa shape index (κ1) is 17.4. The van der Waals surface area contributed by atoms with Crippen LogP contribution in [0.3, 0.4) is 0 Å². The van der Waals surface area contributed by atoms with Crippen molar-refractivity contribution in [1.29, 1.82) is 0 Å². The van der Waals surface area contributed by atoms with Crippen LogP contribution in [0.4, 0.5) is 5.69 Å².